The van der Waals surface area contributed by atoms with E-state index in [0.717, 1.165) is 89.5 Å². The van der Waals surface area contributed by atoms with Crippen LogP contribution in [0.5, 0.6) is 40.2 Å². The number of halogens is 12. The van der Waals surface area contributed by atoms with E-state index in [1.807, 2.05) is 102 Å². The molecular weight excluding hydrogens is 1610 g/mol. The number of hydrogen-bond acceptors (Lipinski definition) is 7. The van der Waals surface area contributed by atoms with Crippen LogP contribution >= 0.6 is 46.4 Å². The summed E-state index contributed by atoms with van der Waals surface area (Å²) in [5.74, 6) is 3.58. The minimum Gasteiger partial charge on any atom is -0.493 e. The molecule has 0 bridgehead atoms. The maximum atomic E-state index is 13.8. The highest BCUT2D eigenvalue weighted by atomic mass is 35.5. The summed E-state index contributed by atoms with van der Waals surface area (Å²) in [4.78, 5) is 0. The lowest BCUT2D eigenvalue weighted by Crippen LogP contribution is -2.14. The molecule has 7 nitrogen and oxygen atoms in total. The molecule has 658 valence electrons. The Morgan fingerprint density at radius 2 is 0.504 bits per heavy atom. The van der Waals surface area contributed by atoms with Gasteiger partial charge in [-0.05, 0) is 301 Å². The minimum atomic E-state index is -0.876. The summed E-state index contributed by atoms with van der Waals surface area (Å²) in [7, 11) is 0. The summed E-state index contributed by atoms with van der Waals surface area (Å²) in [5, 5.41) is 1.40. The summed E-state index contributed by atoms with van der Waals surface area (Å²) in [6, 6.07) is 23.0. The van der Waals surface area contributed by atoms with Gasteiger partial charge in [-0.1, -0.05) is 192 Å². The zero-order chi connectivity index (χ0) is 88.4. The standard InChI is InChI=1S/C15H21ClO.C15H21FO.3C14H18ClFO.2C14H18F2O/c2*1-10-13(16)7-12(15(2,3)4)8-14(10)17-9-11-5-6-11;1-14(2,3)10-6-13(11(15)7-12(10)16)17-8-9-4-5-9;1-14(2,3)10-6-11(16)13(15)12(7-10)17-8-9-4-5-9;1-14(2,3)10-6-11(15)13(16)12(7-10)17-8-9-4-5-9;1-14(2,3)10-6-13(12(16)7-11(10)15)17-8-9-4-5-9;1-14(2,3)10-6-11(15)13(16)12(7-10)17-8-9-4-5-9/h2*7-8,11H,5-6,9H2,1-4H3;5*6-7,9H,4-5,8H2,1-3H3. The first-order chi connectivity index (χ1) is 55.1. The molecular formula is C100H132Cl4F8O7. The molecule has 14 rings (SSSR count). The van der Waals surface area contributed by atoms with Crippen LogP contribution in [-0.4, -0.2) is 46.2 Å². The average Bonchev–Trinajstić information content (AvgIpc) is 1.82. The predicted octanol–water partition coefficient (Wildman–Crippen LogP) is 30.8. The van der Waals surface area contributed by atoms with Gasteiger partial charge in [0.25, 0.3) is 0 Å². The molecule has 0 amide bonds. The van der Waals surface area contributed by atoms with E-state index in [4.69, 9.17) is 79.6 Å². The molecule has 0 N–H and O–H groups in total. The van der Waals surface area contributed by atoms with Crippen molar-refractivity contribution in [3.63, 3.8) is 0 Å². The van der Waals surface area contributed by atoms with Crippen molar-refractivity contribution in [2.24, 2.45) is 41.4 Å². The van der Waals surface area contributed by atoms with Crippen LogP contribution in [0.1, 0.15) is 285 Å². The zero-order valence-electron chi connectivity index (χ0n) is 74.9. The molecule has 7 saturated carbocycles. The lowest BCUT2D eigenvalue weighted by atomic mass is 9.86. The Morgan fingerprint density at radius 1 is 0.235 bits per heavy atom. The van der Waals surface area contributed by atoms with Crippen molar-refractivity contribution in [1.82, 2.24) is 0 Å². The van der Waals surface area contributed by atoms with Crippen molar-refractivity contribution >= 4 is 46.4 Å². The summed E-state index contributed by atoms with van der Waals surface area (Å²) in [6.07, 6.45) is 16.9. The Hall–Kier alpha value is -6.26. The molecule has 119 heavy (non-hydrogen) atoms. The molecule has 0 heterocycles. The highest BCUT2D eigenvalue weighted by Crippen LogP contribution is 2.44. The Balaban J connectivity index is 0.000000173. The maximum absolute atomic E-state index is 13.8. The van der Waals surface area contributed by atoms with Crippen LogP contribution in [0, 0.1) is 102 Å². The van der Waals surface area contributed by atoms with Crippen molar-refractivity contribution in [2.45, 2.75) is 287 Å². The smallest absolute Gasteiger partial charge is 0.200 e. The number of ether oxygens (including phenoxy) is 7. The first-order valence-corrected chi connectivity index (χ1v) is 44.1. The van der Waals surface area contributed by atoms with Crippen molar-refractivity contribution in [2.75, 3.05) is 46.2 Å². The van der Waals surface area contributed by atoms with Crippen molar-refractivity contribution < 1.29 is 68.3 Å². The molecule has 0 aliphatic heterocycles. The zero-order valence-corrected chi connectivity index (χ0v) is 77.9. The Kier molecular flexibility index (Phi) is 33.9. The molecule has 19 heteroatoms. The molecule has 7 aromatic rings. The van der Waals surface area contributed by atoms with Gasteiger partial charge in [0.2, 0.25) is 5.82 Å². The second-order valence-electron chi connectivity index (χ2n) is 41.0. The lowest BCUT2D eigenvalue weighted by Gasteiger charge is -2.21. The fourth-order valence-electron chi connectivity index (χ4n) is 11.7. The maximum Gasteiger partial charge on any atom is 0.200 e. The Labute approximate surface area is 726 Å². The van der Waals surface area contributed by atoms with E-state index < -0.39 is 34.9 Å². The Bertz CT molecular complexity index is 3970. The SMILES string of the molecule is CC(C)(C)c1cc(Cl)c(F)c(OCC2CC2)c1.CC(C)(C)c1cc(F)c(Cl)c(OCC2CC2)c1.CC(C)(C)c1cc(F)c(F)c(OCC2CC2)c1.CC(C)(C)c1cc(OCC2CC2)c(Cl)cc1F.CC(C)(C)c1cc(OCC2CC2)c(F)cc1F.Cc1c(Cl)cc(C(C)(C)C)cc1OCC1CC1.Cc1c(F)cc(C(C)(C)C)cc1OCC1CC1. The normalized spacial score (nSPS) is 16.1. The van der Waals surface area contributed by atoms with Gasteiger partial charge in [0.15, 0.2) is 34.7 Å². The second-order valence-corrected chi connectivity index (χ2v) is 42.6. The van der Waals surface area contributed by atoms with Gasteiger partial charge in [0, 0.05) is 22.2 Å². The van der Waals surface area contributed by atoms with Gasteiger partial charge in [0.05, 0.1) is 56.3 Å². The van der Waals surface area contributed by atoms with Gasteiger partial charge in [-0.25, -0.2) is 30.7 Å². The molecule has 7 aromatic carbocycles. The largest absolute Gasteiger partial charge is 0.493 e. The van der Waals surface area contributed by atoms with Crippen molar-refractivity contribution in [1.29, 1.82) is 0 Å². The van der Waals surface area contributed by atoms with Crippen LogP contribution in [0.2, 0.25) is 20.1 Å². The van der Waals surface area contributed by atoms with E-state index in [1.165, 1.54) is 94.0 Å². The predicted molar refractivity (Wildman–Crippen MR) is 473 cm³/mol. The van der Waals surface area contributed by atoms with E-state index in [9.17, 15) is 35.1 Å². The fraction of sp³-hybridized carbons (Fsp3) is 0.580. The third-order valence-electron chi connectivity index (χ3n) is 21.8. The molecule has 0 saturated heterocycles. The fourth-order valence-corrected chi connectivity index (χ4v) is 12.4. The van der Waals surface area contributed by atoms with Gasteiger partial charge in [0.1, 0.15) is 51.3 Å². The molecule has 7 aliphatic carbocycles. The summed E-state index contributed by atoms with van der Waals surface area (Å²) < 4.78 is 148. The number of rotatable bonds is 21. The first kappa shape index (κ1) is 98.2. The molecule has 7 fully saturated rings. The van der Waals surface area contributed by atoms with E-state index in [0.29, 0.717) is 108 Å². The van der Waals surface area contributed by atoms with Crippen LogP contribution in [0.4, 0.5) is 35.1 Å². The monoisotopic (exact) mass is 1740 g/mol. The summed E-state index contributed by atoms with van der Waals surface area (Å²) in [6.45, 7) is 51.0. The summed E-state index contributed by atoms with van der Waals surface area (Å²) >= 11 is 24.1. The molecule has 0 atom stereocenters. The minimum absolute atomic E-state index is 0.0434. The molecule has 0 radical (unpaired) electrons. The lowest BCUT2D eigenvalue weighted by molar-refractivity contribution is 0.279. The molecule has 7 aliphatic rings. The van der Waals surface area contributed by atoms with E-state index >= 15 is 0 Å². The van der Waals surface area contributed by atoms with Crippen LogP contribution in [-0.2, 0) is 37.9 Å². The van der Waals surface area contributed by atoms with Gasteiger partial charge in [-0.15, -0.1) is 0 Å². The summed E-state index contributed by atoms with van der Waals surface area (Å²) in [5.41, 5.74) is 6.77. The average molecular weight is 1740 g/mol. The molecule has 0 spiro atoms. The van der Waals surface area contributed by atoms with E-state index in [-0.39, 0.29) is 76.8 Å². The van der Waals surface area contributed by atoms with Crippen LogP contribution in [0.25, 0.3) is 0 Å². The second kappa shape index (κ2) is 41.0. The molecule has 0 unspecified atom stereocenters. The van der Waals surface area contributed by atoms with Gasteiger partial charge in [-0.2, -0.15) is 4.39 Å². The van der Waals surface area contributed by atoms with Gasteiger partial charge < -0.3 is 33.2 Å². The third kappa shape index (κ3) is 32.4. The van der Waals surface area contributed by atoms with Gasteiger partial charge >= 0.3 is 0 Å². The van der Waals surface area contributed by atoms with E-state index in [1.54, 1.807) is 37.3 Å². The van der Waals surface area contributed by atoms with Crippen molar-refractivity contribution in [3.05, 3.63) is 202 Å². The number of hydrogen-bond donors (Lipinski definition) is 0. The van der Waals surface area contributed by atoms with Crippen LogP contribution < -0.4 is 33.2 Å². The topological polar surface area (TPSA) is 64.6 Å². The van der Waals surface area contributed by atoms with Crippen LogP contribution in [0.3, 0.4) is 0 Å². The quantitative estimate of drug-likeness (QED) is 0.0664. The van der Waals surface area contributed by atoms with Crippen LogP contribution in [0.15, 0.2) is 84.9 Å². The number of benzene rings is 7. The molecule has 0 aromatic heterocycles. The van der Waals surface area contributed by atoms with Gasteiger partial charge in [-0.3, -0.25) is 0 Å². The highest BCUT2D eigenvalue weighted by Gasteiger charge is 2.33. The third-order valence-corrected chi connectivity index (χ3v) is 23.1. The van der Waals surface area contributed by atoms with E-state index in [2.05, 4.69) is 74.4 Å². The highest BCUT2D eigenvalue weighted by molar-refractivity contribution is 6.32. The van der Waals surface area contributed by atoms with Crippen molar-refractivity contribution in [3.8, 4) is 40.2 Å². The first-order valence-electron chi connectivity index (χ1n) is 42.6. The Morgan fingerprint density at radius 3 is 0.866 bits per heavy atom.